The van der Waals surface area contributed by atoms with Crippen molar-refractivity contribution in [3.63, 3.8) is 0 Å². The highest BCUT2D eigenvalue weighted by Gasteiger charge is 2.16. The zero-order valence-electron chi connectivity index (χ0n) is 16.5. The van der Waals surface area contributed by atoms with Gasteiger partial charge in [0.1, 0.15) is 11.3 Å². The summed E-state index contributed by atoms with van der Waals surface area (Å²) in [6.45, 7) is 3.85. The van der Waals surface area contributed by atoms with Gasteiger partial charge in [-0.05, 0) is 43.7 Å². The lowest BCUT2D eigenvalue weighted by molar-refractivity contribution is 0.737. The van der Waals surface area contributed by atoms with Crippen molar-refractivity contribution in [2.75, 3.05) is 13.1 Å². The van der Waals surface area contributed by atoms with Gasteiger partial charge in [-0.15, -0.1) is 0 Å². The van der Waals surface area contributed by atoms with Crippen molar-refractivity contribution in [1.82, 2.24) is 40.0 Å². The Morgan fingerprint density at radius 2 is 2.07 bits per heavy atom. The molecule has 8 heteroatoms. The van der Waals surface area contributed by atoms with E-state index >= 15 is 0 Å². The monoisotopic (exact) mass is 396 g/mol. The number of H-pyrrole nitrogens is 2. The minimum absolute atomic E-state index is 0.820. The van der Waals surface area contributed by atoms with Crippen LogP contribution in [-0.4, -0.2) is 47.8 Å². The third-order valence-electron chi connectivity index (χ3n) is 5.59. The van der Waals surface area contributed by atoms with Gasteiger partial charge in [0.2, 0.25) is 0 Å². The van der Waals surface area contributed by atoms with Gasteiger partial charge in [-0.3, -0.25) is 10.1 Å². The standard InChI is InChI=1S/C22H20N8/c1-13-11-30(12-26-13)20-4-7-24-22-16(20)9-18(27-22)21-15-8-17(14-2-5-23-6-3-14)25-10-19(15)28-29-21/h2,4,7-12,23H,3,5-6H2,1H3,(H,24,27)(H,28,29). The number of nitrogens with zero attached hydrogens (tertiary/aromatic N) is 5. The van der Waals surface area contributed by atoms with E-state index in [1.165, 1.54) is 5.57 Å². The number of aryl methyl sites for hydroxylation is 1. The molecule has 5 aromatic rings. The molecule has 148 valence electrons. The van der Waals surface area contributed by atoms with Crippen LogP contribution in [0.4, 0.5) is 0 Å². The maximum absolute atomic E-state index is 4.64. The molecule has 0 bridgehead atoms. The van der Waals surface area contributed by atoms with Crippen LogP contribution in [0.1, 0.15) is 17.8 Å². The van der Waals surface area contributed by atoms with Gasteiger partial charge in [0.15, 0.2) is 0 Å². The second kappa shape index (κ2) is 6.64. The van der Waals surface area contributed by atoms with Crippen LogP contribution in [0.3, 0.4) is 0 Å². The fraction of sp³-hybridized carbons (Fsp3) is 0.182. The number of nitrogens with one attached hydrogen (secondary N) is 3. The highest BCUT2D eigenvalue weighted by molar-refractivity contribution is 5.97. The van der Waals surface area contributed by atoms with E-state index < -0.39 is 0 Å². The molecule has 5 aromatic heterocycles. The summed E-state index contributed by atoms with van der Waals surface area (Å²) in [7, 11) is 0. The quantitative estimate of drug-likeness (QED) is 0.434. The first-order chi connectivity index (χ1) is 14.8. The summed E-state index contributed by atoms with van der Waals surface area (Å²) in [4.78, 5) is 16.9. The molecule has 0 radical (unpaired) electrons. The number of hydrogen-bond acceptors (Lipinski definition) is 5. The van der Waals surface area contributed by atoms with Gasteiger partial charge in [-0.25, -0.2) is 9.97 Å². The van der Waals surface area contributed by atoms with E-state index in [0.717, 1.165) is 69.9 Å². The molecule has 3 N–H and O–H groups in total. The van der Waals surface area contributed by atoms with Crippen molar-refractivity contribution in [2.45, 2.75) is 13.3 Å². The van der Waals surface area contributed by atoms with E-state index in [2.05, 4.69) is 53.7 Å². The average Bonchev–Trinajstić information content (AvgIpc) is 3.51. The van der Waals surface area contributed by atoms with Crippen molar-refractivity contribution in [2.24, 2.45) is 0 Å². The van der Waals surface area contributed by atoms with E-state index in [0.29, 0.717) is 0 Å². The molecule has 1 aliphatic heterocycles. The largest absolute Gasteiger partial charge is 0.338 e. The molecule has 0 saturated carbocycles. The minimum Gasteiger partial charge on any atom is -0.338 e. The lowest BCUT2D eigenvalue weighted by Gasteiger charge is -2.13. The predicted molar refractivity (Wildman–Crippen MR) is 116 cm³/mol. The summed E-state index contributed by atoms with van der Waals surface area (Å²) in [6, 6.07) is 6.23. The Morgan fingerprint density at radius 3 is 2.90 bits per heavy atom. The first-order valence-electron chi connectivity index (χ1n) is 9.99. The Hall–Kier alpha value is -3.78. The molecule has 0 unspecified atom stereocenters. The maximum atomic E-state index is 4.64. The molecule has 6 heterocycles. The van der Waals surface area contributed by atoms with Gasteiger partial charge in [0.25, 0.3) is 0 Å². The summed E-state index contributed by atoms with van der Waals surface area (Å²) in [5.41, 5.74) is 7.82. The van der Waals surface area contributed by atoms with Gasteiger partial charge in [0.05, 0.1) is 40.8 Å². The molecular formula is C22H20N8. The van der Waals surface area contributed by atoms with Crippen LogP contribution in [0.5, 0.6) is 0 Å². The second-order valence-corrected chi connectivity index (χ2v) is 7.57. The lowest BCUT2D eigenvalue weighted by atomic mass is 10.0. The van der Waals surface area contributed by atoms with Crippen LogP contribution in [0.2, 0.25) is 0 Å². The molecule has 0 spiro atoms. The Kier molecular flexibility index (Phi) is 3.78. The molecule has 0 aromatic carbocycles. The Labute approximate surface area is 172 Å². The Bertz CT molecular complexity index is 1420. The molecule has 6 rings (SSSR count). The van der Waals surface area contributed by atoms with Crippen molar-refractivity contribution in [1.29, 1.82) is 0 Å². The number of rotatable bonds is 3. The highest BCUT2D eigenvalue weighted by atomic mass is 15.1. The number of pyridine rings is 2. The number of hydrogen-bond donors (Lipinski definition) is 3. The smallest absolute Gasteiger partial charge is 0.139 e. The average molecular weight is 396 g/mol. The summed E-state index contributed by atoms with van der Waals surface area (Å²) in [6.07, 6.45) is 10.7. The van der Waals surface area contributed by atoms with E-state index in [9.17, 15) is 0 Å². The number of fused-ring (bicyclic) bond motifs is 2. The Morgan fingerprint density at radius 1 is 1.10 bits per heavy atom. The van der Waals surface area contributed by atoms with Crippen molar-refractivity contribution in [3.8, 4) is 17.1 Å². The fourth-order valence-corrected chi connectivity index (χ4v) is 4.07. The third-order valence-corrected chi connectivity index (χ3v) is 5.59. The summed E-state index contributed by atoms with van der Waals surface area (Å²) >= 11 is 0. The van der Waals surface area contributed by atoms with E-state index in [1.54, 1.807) is 0 Å². The van der Waals surface area contributed by atoms with Crippen LogP contribution >= 0.6 is 0 Å². The van der Waals surface area contributed by atoms with Crippen molar-refractivity contribution >= 4 is 27.5 Å². The second-order valence-electron chi connectivity index (χ2n) is 7.57. The first kappa shape index (κ1) is 17.1. The van der Waals surface area contributed by atoms with Gasteiger partial charge in [-0.1, -0.05) is 6.08 Å². The van der Waals surface area contributed by atoms with Crippen molar-refractivity contribution in [3.05, 3.63) is 60.6 Å². The Balaban J connectivity index is 1.49. The SMILES string of the molecule is Cc1cn(-c2ccnc3[nH]c(-c4n[nH]c5cnc(C6=CCNCC6)cc45)cc23)cn1. The normalized spacial score (nSPS) is 14.5. The van der Waals surface area contributed by atoms with Crippen molar-refractivity contribution < 1.29 is 0 Å². The molecule has 30 heavy (non-hydrogen) atoms. The van der Waals surface area contributed by atoms with Crippen LogP contribution in [-0.2, 0) is 0 Å². The molecule has 0 saturated heterocycles. The van der Waals surface area contributed by atoms with Gasteiger partial charge < -0.3 is 14.9 Å². The van der Waals surface area contributed by atoms with Crippen LogP contribution in [0.15, 0.2) is 49.2 Å². The lowest BCUT2D eigenvalue weighted by Crippen LogP contribution is -2.20. The minimum atomic E-state index is 0.820. The summed E-state index contributed by atoms with van der Waals surface area (Å²) < 4.78 is 2.02. The first-order valence-corrected chi connectivity index (χ1v) is 9.99. The zero-order chi connectivity index (χ0) is 20.1. The van der Waals surface area contributed by atoms with Crippen LogP contribution in [0, 0.1) is 6.92 Å². The number of aromatic nitrogens is 7. The number of imidazole rings is 1. The number of aromatic amines is 2. The fourth-order valence-electron chi connectivity index (χ4n) is 4.07. The van der Waals surface area contributed by atoms with E-state index in [1.807, 2.05) is 42.5 Å². The molecule has 0 aliphatic carbocycles. The zero-order valence-corrected chi connectivity index (χ0v) is 16.5. The highest BCUT2D eigenvalue weighted by Crippen LogP contribution is 2.31. The van der Waals surface area contributed by atoms with E-state index in [4.69, 9.17) is 0 Å². The summed E-state index contributed by atoms with van der Waals surface area (Å²) in [5.74, 6) is 0. The molecular weight excluding hydrogens is 376 g/mol. The van der Waals surface area contributed by atoms with Crippen LogP contribution < -0.4 is 5.32 Å². The molecule has 0 amide bonds. The molecule has 0 atom stereocenters. The molecule has 8 nitrogen and oxygen atoms in total. The van der Waals surface area contributed by atoms with Gasteiger partial charge in [0, 0.05) is 29.7 Å². The third kappa shape index (κ3) is 2.73. The van der Waals surface area contributed by atoms with Gasteiger partial charge in [-0.2, -0.15) is 5.10 Å². The maximum Gasteiger partial charge on any atom is 0.139 e. The predicted octanol–water partition coefficient (Wildman–Crippen LogP) is 3.37. The summed E-state index contributed by atoms with van der Waals surface area (Å²) in [5, 5.41) is 13.1. The molecule has 0 fully saturated rings. The molecule has 1 aliphatic rings. The van der Waals surface area contributed by atoms with Crippen LogP contribution in [0.25, 0.3) is 44.6 Å². The topological polar surface area (TPSA) is 100 Å². The van der Waals surface area contributed by atoms with E-state index in [-0.39, 0.29) is 0 Å². The van der Waals surface area contributed by atoms with Gasteiger partial charge >= 0.3 is 0 Å².